The predicted molar refractivity (Wildman–Crippen MR) is 58.2 cm³/mol. The number of benzene rings is 1. The van der Waals surface area contributed by atoms with Gasteiger partial charge in [-0.05, 0) is 17.2 Å². The number of aromatic nitrogens is 4. The highest BCUT2D eigenvalue weighted by atomic mass is 15.6. The zero-order valence-corrected chi connectivity index (χ0v) is 9.01. The van der Waals surface area contributed by atoms with Crippen LogP contribution in [-0.2, 0) is 13.5 Å². The van der Waals surface area contributed by atoms with Gasteiger partial charge in [-0.1, -0.05) is 37.6 Å². The molecule has 1 aromatic heterocycles. The van der Waals surface area contributed by atoms with E-state index in [4.69, 9.17) is 0 Å². The molecule has 1 aromatic carbocycles. The van der Waals surface area contributed by atoms with Gasteiger partial charge in [-0.2, -0.15) is 4.80 Å². The molecule has 0 fully saturated rings. The Kier molecular flexibility index (Phi) is 2.76. The summed E-state index contributed by atoms with van der Waals surface area (Å²) in [6.07, 6.45) is 2.29. The van der Waals surface area contributed by atoms with Gasteiger partial charge in [0.1, 0.15) is 0 Å². The van der Waals surface area contributed by atoms with Gasteiger partial charge in [0, 0.05) is 5.56 Å². The lowest BCUT2D eigenvalue weighted by Crippen LogP contribution is -1.92. The molecule has 0 radical (unpaired) electrons. The molecule has 0 spiro atoms. The van der Waals surface area contributed by atoms with E-state index in [1.165, 1.54) is 16.8 Å². The highest BCUT2D eigenvalue weighted by molar-refractivity contribution is 5.54. The van der Waals surface area contributed by atoms with Crippen LogP contribution in [0, 0.1) is 0 Å². The molecule has 0 amide bonds. The monoisotopic (exact) mass is 202 g/mol. The number of aryl methyl sites for hydroxylation is 2. The lowest BCUT2D eigenvalue weighted by molar-refractivity contribution is 0.630. The van der Waals surface area contributed by atoms with Crippen LogP contribution in [0.1, 0.15) is 18.9 Å². The third kappa shape index (κ3) is 2.21. The van der Waals surface area contributed by atoms with Crippen molar-refractivity contribution in [1.82, 2.24) is 20.2 Å². The molecule has 0 atom stereocenters. The largest absolute Gasteiger partial charge is 0.204 e. The van der Waals surface area contributed by atoms with Crippen LogP contribution in [-0.4, -0.2) is 20.2 Å². The SMILES string of the molecule is CCCc1ccc(-c2nnn(C)n2)cc1. The number of rotatable bonds is 3. The Bertz CT molecular complexity index is 430. The zero-order chi connectivity index (χ0) is 10.7. The van der Waals surface area contributed by atoms with Crippen LogP contribution >= 0.6 is 0 Å². The number of nitrogens with zero attached hydrogens (tertiary/aromatic N) is 4. The van der Waals surface area contributed by atoms with Crippen LogP contribution in [0.15, 0.2) is 24.3 Å². The highest BCUT2D eigenvalue weighted by Crippen LogP contribution is 2.14. The third-order valence-electron chi connectivity index (χ3n) is 2.26. The maximum atomic E-state index is 4.15. The normalized spacial score (nSPS) is 10.5. The third-order valence-corrected chi connectivity index (χ3v) is 2.26. The Labute approximate surface area is 88.9 Å². The van der Waals surface area contributed by atoms with E-state index in [0.29, 0.717) is 5.82 Å². The summed E-state index contributed by atoms with van der Waals surface area (Å²) in [5.41, 5.74) is 2.37. The van der Waals surface area contributed by atoms with Crippen LogP contribution in [0.5, 0.6) is 0 Å². The summed E-state index contributed by atoms with van der Waals surface area (Å²) in [6, 6.07) is 8.33. The van der Waals surface area contributed by atoms with E-state index in [-0.39, 0.29) is 0 Å². The average molecular weight is 202 g/mol. The van der Waals surface area contributed by atoms with Crippen LogP contribution < -0.4 is 0 Å². The second-order valence-corrected chi connectivity index (χ2v) is 3.55. The molecule has 0 aliphatic heterocycles. The van der Waals surface area contributed by atoms with Gasteiger partial charge in [0.25, 0.3) is 0 Å². The second-order valence-electron chi connectivity index (χ2n) is 3.55. The molecule has 0 aliphatic carbocycles. The average Bonchev–Trinajstić information content (AvgIpc) is 2.67. The lowest BCUT2D eigenvalue weighted by atomic mass is 10.1. The molecule has 4 heteroatoms. The molecule has 0 unspecified atom stereocenters. The van der Waals surface area contributed by atoms with Gasteiger partial charge in [0.2, 0.25) is 5.82 Å². The van der Waals surface area contributed by atoms with Gasteiger partial charge >= 0.3 is 0 Å². The summed E-state index contributed by atoms with van der Waals surface area (Å²) in [6.45, 7) is 2.18. The van der Waals surface area contributed by atoms with E-state index in [1.54, 1.807) is 7.05 Å². The molecule has 0 saturated heterocycles. The summed E-state index contributed by atoms with van der Waals surface area (Å²) >= 11 is 0. The fourth-order valence-electron chi connectivity index (χ4n) is 1.51. The molecule has 0 bridgehead atoms. The van der Waals surface area contributed by atoms with E-state index in [2.05, 4.69) is 34.5 Å². The van der Waals surface area contributed by atoms with Crippen molar-refractivity contribution >= 4 is 0 Å². The minimum atomic E-state index is 0.681. The summed E-state index contributed by atoms with van der Waals surface area (Å²) in [4.78, 5) is 1.47. The van der Waals surface area contributed by atoms with E-state index in [1.807, 2.05) is 12.1 Å². The van der Waals surface area contributed by atoms with Gasteiger partial charge in [0.15, 0.2) is 0 Å². The molecule has 4 nitrogen and oxygen atoms in total. The predicted octanol–water partition coefficient (Wildman–Crippen LogP) is 1.83. The number of hydrogen-bond acceptors (Lipinski definition) is 3. The molecule has 0 saturated carbocycles. The molecule has 0 aliphatic rings. The molecular weight excluding hydrogens is 188 g/mol. The fourth-order valence-corrected chi connectivity index (χ4v) is 1.51. The molecule has 15 heavy (non-hydrogen) atoms. The topological polar surface area (TPSA) is 43.6 Å². The first-order valence-corrected chi connectivity index (χ1v) is 5.13. The Morgan fingerprint density at radius 1 is 1.20 bits per heavy atom. The second kappa shape index (κ2) is 4.21. The minimum absolute atomic E-state index is 0.681. The van der Waals surface area contributed by atoms with Gasteiger partial charge in [0.05, 0.1) is 7.05 Å². The Morgan fingerprint density at radius 2 is 1.93 bits per heavy atom. The lowest BCUT2D eigenvalue weighted by Gasteiger charge is -1.99. The number of hydrogen-bond donors (Lipinski definition) is 0. The summed E-state index contributed by atoms with van der Waals surface area (Å²) in [7, 11) is 1.77. The van der Waals surface area contributed by atoms with Gasteiger partial charge < -0.3 is 0 Å². The van der Waals surface area contributed by atoms with Crippen LogP contribution in [0.25, 0.3) is 11.4 Å². The van der Waals surface area contributed by atoms with E-state index < -0.39 is 0 Å². The molecule has 2 aromatic rings. The van der Waals surface area contributed by atoms with Gasteiger partial charge in [-0.15, -0.1) is 10.2 Å². The van der Waals surface area contributed by atoms with Gasteiger partial charge in [-0.25, -0.2) is 0 Å². The minimum Gasteiger partial charge on any atom is -0.167 e. The highest BCUT2D eigenvalue weighted by Gasteiger charge is 2.03. The number of tetrazole rings is 1. The van der Waals surface area contributed by atoms with Crippen LogP contribution in [0.2, 0.25) is 0 Å². The van der Waals surface area contributed by atoms with Crippen molar-refractivity contribution in [3.63, 3.8) is 0 Å². The van der Waals surface area contributed by atoms with Crippen molar-refractivity contribution in [1.29, 1.82) is 0 Å². The Morgan fingerprint density at radius 3 is 2.47 bits per heavy atom. The Hall–Kier alpha value is -1.71. The maximum absolute atomic E-state index is 4.15. The molecule has 0 N–H and O–H groups in total. The molecule has 2 rings (SSSR count). The van der Waals surface area contributed by atoms with Crippen molar-refractivity contribution < 1.29 is 0 Å². The van der Waals surface area contributed by atoms with Crippen LogP contribution in [0.3, 0.4) is 0 Å². The van der Waals surface area contributed by atoms with Crippen molar-refractivity contribution in [3.8, 4) is 11.4 Å². The molecule has 78 valence electrons. The fraction of sp³-hybridized carbons (Fsp3) is 0.364. The Balaban J connectivity index is 2.23. The zero-order valence-electron chi connectivity index (χ0n) is 9.01. The molecule has 1 heterocycles. The van der Waals surface area contributed by atoms with Crippen LogP contribution in [0.4, 0.5) is 0 Å². The first-order valence-electron chi connectivity index (χ1n) is 5.13. The summed E-state index contributed by atoms with van der Waals surface area (Å²) in [5.74, 6) is 0.681. The van der Waals surface area contributed by atoms with E-state index in [0.717, 1.165) is 12.0 Å². The maximum Gasteiger partial charge on any atom is 0.204 e. The van der Waals surface area contributed by atoms with Crippen molar-refractivity contribution in [2.24, 2.45) is 7.05 Å². The van der Waals surface area contributed by atoms with Crippen molar-refractivity contribution in [2.75, 3.05) is 0 Å². The first kappa shape index (κ1) is 9.83. The quantitative estimate of drug-likeness (QED) is 0.762. The van der Waals surface area contributed by atoms with E-state index in [9.17, 15) is 0 Å². The van der Waals surface area contributed by atoms with Crippen molar-refractivity contribution in [3.05, 3.63) is 29.8 Å². The van der Waals surface area contributed by atoms with Gasteiger partial charge in [-0.3, -0.25) is 0 Å². The summed E-state index contributed by atoms with van der Waals surface area (Å²) in [5, 5.41) is 11.9. The van der Waals surface area contributed by atoms with Crippen molar-refractivity contribution in [2.45, 2.75) is 19.8 Å². The first-order chi connectivity index (χ1) is 7.29. The smallest absolute Gasteiger partial charge is 0.167 e. The summed E-state index contributed by atoms with van der Waals surface area (Å²) < 4.78 is 0. The standard InChI is InChI=1S/C11H14N4/c1-3-4-9-5-7-10(8-6-9)11-12-14-15(2)13-11/h5-8H,3-4H2,1-2H3. The van der Waals surface area contributed by atoms with E-state index >= 15 is 0 Å². The molecular formula is C11H14N4.